The summed E-state index contributed by atoms with van der Waals surface area (Å²) >= 11 is 0. The van der Waals surface area contributed by atoms with Gasteiger partial charge < -0.3 is 15.2 Å². The molecule has 1 atom stereocenters. The van der Waals surface area contributed by atoms with Crippen molar-refractivity contribution in [1.29, 1.82) is 0 Å². The molecule has 90 valence electrons. The van der Waals surface area contributed by atoms with Crippen LogP contribution in [0.2, 0.25) is 0 Å². The van der Waals surface area contributed by atoms with Crippen LogP contribution < -0.4 is 10.5 Å². The second-order valence-electron chi connectivity index (χ2n) is 3.69. The zero-order valence-corrected chi connectivity index (χ0v) is 10.1. The van der Waals surface area contributed by atoms with Gasteiger partial charge in [-0.15, -0.1) is 0 Å². The molecule has 1 aromatic carbocycles. The molecule has 0 aliphatic heterocycles. The van der Waals surface area contributed by atoms with Crippen molar-refractivity contribution < 1.29 is 9.47 Å². The number of rotatable bonds is 7. The topological polar surface area (TPSA) is 44.5 Å². The van der Waals surface area contributed by atoms with Crippen LogP contribution in [0.1, 0.15) is 31.4 Å². The Labute approximate surface area is 97.6 Å². The van der Waals surface area contributed by atoms with Gasteiger partial charge in [0.1, 0.15) is 5.75 Å². The first kappa shape index (κ1) is 13.0. The number of hydrogen-bond acceptors (Lipinski definition) is 3. The molecule has 1 unspecified atom stereocenters. The van der Waals surface area contributed by atoms with Gasteiger partial charge in [0.15, 0.2) is 0 Å². The summed E-state index contributed by atoms with van der Waals surface area (Å²) < 4.78 is 10.6. The first-order chi connectivity index (χ1) is 7.79. The summed E-state index contributed by atoms with van der Waals surface area (Å²) in [7, 11) is 1.67. The molecule has 0 heterocycles. The van der Waals surface area contributed by atoms with E-state index in [9.17, 15) is 0 Å². The minimum atomic E-state index is 0.0246. The standard InChI is InChI=1S/C13H21NO2/c1-3-16-10-6-8-12(14)11-7-4-5-9-13(11)15-2/h4-5,7,9,12H,3,6,8,10,14H2,1-2H3. The number of nitrogens with two attached hydrogens (primary N) is 1. The quantitative estimate of drug-likeness (QED) is 0.722. The van der Waals surface area contributed by atoms with Gasteiger partial charge in [0.2, 0.25) is 0 Å². The van der Waals surface area contributed by atoms with Crippen LogP contribution in [0.15, 0.2) is 24.3 Å². The van der Waals surface area contributed by atoms with Crippen molar-refractivity contribution in [1.82, 2.24) is 0 Å². The molecule has 1 aromatic rings. The van der Waals surface area contributed by atoms with Gasteiger partial charge in [-0.1, -0.05) is 18.2 Å². The fourth-order valence-electron chi connectivity index (χ4n) is 1.68. The van der Waals surface area contributed by atoms with Crippen LogP contribution in [0.5, 0.6) is 5.75 Å². The number of benzene rings is 1. The maximum Gasteiger partial charge on any atom is 0.123 e. The molecular formula is C13H21NO2. The lowest BCUT2D eigenvalue weighted by atomic mass is 10.0. The van der Waals surface area contributed by atoms with Crippen molar-refractivity contribution in [3.8, 4) is 5.75 Å². The van der Waals surface area contributed by atoms with E-state index in [1.54, 1.807) is 7.11 Å². The molecule has 0 aromatic heterocycles. The summed E-state index contributed by atoms with van der Waals surface area (Å²) in [6, 6.07) is 7.92. The molecule has 3 heteroatoms. The number of methoxy groups -OCH3 is 1. The van der Waals surface area contributed by atoms with Gasteiger partial charge in [0.05, 0.1) is 7.11 Å². The molecule has 0 aliphatic rings. The molecule has 0 saturated heterocycles. The fraction of sp³-hybridized carbons (Fsp3) is 0.538. The van der Waals surface area contributed by atoms with Gasteiger partial charge in [0, 0.05) is 24.8 Å². The van der Waals surface area contributed by atoms with Crippen molar-refractivity contribution >= 4 is 0 Å². The second-order valence-corrected chi connectivity index (χ2v) is 3.69. The lowest BCUT2D eigenvalue weighted by molar-refractivity contribution is 0.142. The Morgan fingerprint density at radius 3 is 2.75 bits per heavy atom. The normalized spacial score (nSPS) is 12.4. The van der Waals surface area contributed by atoms with Gasteiger partial charge in [0.25, 0.3) is 0 Å². The minimum absolute atomic E-state index is 0.0246. The Bertz CT molecular complexity index is 302. The molecular weight excluding hydrogens is 202 g/mol. The van der Waals surface area contributed by atoms with Gasteiger partial charge in [-0.25, -0.2) is 0 Å². The summed E-state index contributed by atoms with van der Waals surface area (Å²) in [5.41, 5.74) is 7.19. The fourth-order valence-corrected chi connectivity index (χ4v) is 1.68. The van der Waals surface area contributed by atoms with Gasteiger partial charge in [-0.3, -0.25) is 0 Å². The highest BCUT2D eigenvalue weighted by Crippen LogP contribution is 2.25. The molecule has 3 nitrogen and oxygen atoms in total. The number of hydrogen-bond donors (Lipinski definition) is 1. The summed E-state index contributed by atoms with van der Waals surface area (Å²) in [6.45, 7) is 3.55. The van der Waals surface area contributed by atoms with E-state index in [1.165, 1.54) is 0 Å². The van der Waals surface area contributed by atoms with Gasteiger partial charge >= 0.3 is 0 Å². The molecule has 0 bridgehead atoms. The first-order valence-electron chi connectivity index (χ1n) is 5.75. The summed E-state index contributed by atoms with van der Waals surface area (Å²) in [5, 5.41) is 0. The number of ether oxygens (including phenoxy) is 2. The van der Waals surface area contributed by atoms with E-state index in [-0.39, 0.29) is 6.04 Å². The lowest BCUT2D eigenvalue weighted by Gasteiger charge is -2.15. The molecule has 1 rings (SSSR count). The molecule has 16 heavy (non-hydrogen) atoms. The van der Waals surface area contributed by atoms with E-state index in [0.29, 0.717) is 0 Å². The molecule has 2 N–H and O–H groups in total. The van der Waals surface area contributed by atoms with Crippen LogP contribution in [0.25, 0.3) is 0 Å². The largest absolute Gasteiger partial charge is 0.496 e. The Kier molecular flexibility index (Phi) is 5.90. The van der Waals surface area contributed by atoms with E-state index < -0.39 is 0 Å². The molecule has 0 saturated carbocycles. The highest BCUT2D eigenvalue weighted by Gasteiger charge is 2.10. The Morgan fingerprint density at radius 2 is 2.06 bits per heavy atom. The molecule has 0 fully saturated rings. The molecule has 0 spiro atoms. The smallest absolute Gasteiger partial charge is 0.123 e. The summed E-state index contributed by atoms with van der Waals surface area (Å²) in [4.78, 5) is 0. The van der Waals surface area contributed by atoms with Crippen LogP contribution in [-0.2, 0) is 4.74 Å². The SMILES string of the molecule is CCOCCCC(N)c1ccccc1OC. The number of para-hydroxylation sites is 1. The van der Waals surface area contributed by atoms with E-state index in [0.717, 1.165) is 37.4 Å². The predicted molar refractivity (Wildman–Crippen MR) is 65.6 cm³/mol. The van der Waals surface area contributed by atoms with Crippen LogP contribution in [0.3, 0.4) is 0 Å². The zero-order valence-electron chi connectivity index (χ0n) is 10.1. The van der Waals surface area contributed by atoms with E-state index >= 15 is 0 Å². The highest BCUT2D eigenvalue weighted by molar-refractivity contribution is 5.35. The third kappa shape index (κ3) is 3.83. The lowest BCUT2D eigenvalue weighted by Crippen LogP contribution is -2.12. The minimum Gasteiger partial charge on any atom is -0.496 e. The van der Waals surface area contributed by atoms with Crippen LogP contribution in [-0.4, -0.2) is 20.3 Å². The van der Waals surface area contributed by atoms with Crippen molar-refractivity contribution in [2.24, 2.45) is 5.73 Å². The summed E-state index contributed by atoms with van der Waals surface area (Å²) in [5.74, 6) is 0.867. The molecule has 0 radical (unpaired) electrons. The second kappa shape index (κ2) is 7.25. The average molecular weight is 223 g/mol. The third-order valence-corrected chi connectivity index (χ3v) is 2.55. The maximum absolute atomic E-state index is 6.12. The van der Waals surface area contributed by atoms with Crippen molar-refractivity contribution in [2.75, 3.05) is 20.3 Å². The molecule has 0 amide bonds. The van der Waals surface area contributed by atoms with Crippen molar-refractivity contribution in [3.63, 3.8) is 0 Å². The maximum atomic E-state index is 6.12. The average Bonchev–Trinajstić information content (AvgIpc) is 2.34. The Balaban J connectivity index is 2.48. The highest BCUT2D eigenvalue weighted by atomic mass is 16.5. The third-order valence-electron chi connectivity index (χ3n) is 2.55. The van der Waals surface area contributed by atoms with Crippen LogP contribution >= 0.6 is 0 Å². The Morgan fingerprint density at radius 1 is 1.31 bits per heavy atom. The van der Waals surface area contributed by atoms with Gasteiger partial charge in [-0.05, 0) is 25.8 Å². The van der Waals surface area contributed by atoms with E-state index in [1.807, 2.05) is 31.2 Å². The van der Waals surface area contributed by atoms with Crippen LogP contribution in [0, 0.1) is 0 Å². The van der Waals surface area contributed by atoms with Crippen molar-refractivity contribution in [2.45, 2.75) is 25.8 Å². The molecule has 0 aliphatic carbocycles. The van der Waals surface area contributed by atoms with Crippen LogP contribution in [0.4, 0.5) is 0 Å². The van der Waals surface area contributed by atoms with E-state index in [2.05, 4.69) is 0 Å². The van der Waals surface area contributed by atoms with Crippen molar-refractivity contribution in [3.05, 3.63) is 29.8 Å². The zero-order chi connectivity index (χ0) is 11.8. The van der Waals surface area contributed by atoms with E-state index in [4.69, 9.17) is 15.2 Å². The monoisotopic (exact) mass is 223 g/mol. The Hall–Kier alpha value is -1.06. The summed E-state index contributed by atoms with van der Waals surface area (Å²) in [6.07, 6.45) is 1.90. The van der Waals surface area contributed by atoms with Gasteiger partial charge in [-0.2, -0.15) is 0 Å². The first-order valence-corrected chi connectivity index (χ1v) is 5.75. The predicted octanol–water partition coefficient (Wildman–Crippen LogP) is 2.51.